The standard InChI is InChI=1S/C31H34N6O3S/c1-18-8-10-21(14-24(18)35-26(38)16-32)27-28(30(40)33-17-20-6-4-3-5-7-20)41-31(37-27)36-25-15-22(11-9-19(25)2)29(39)34-23-12-13-23/h3-7,9-11,14-15,18,23H,8,12-13,16-17,32H2,1-2H3,(H,33,40)(H,34,39)(H,35,38)(H,36,37). The molecule has 1 aromatic heterocycles. The second-order valence-electron chi connectivity index (χ2n) is 10.4. The molecule has 0 spiro atoms. The van der Waals surface area contributed by atoms with Crippen LogP contribution in [-0.4, -0.2) is 35.3 Å². The quantitative estimate of drug-likeness (QED) is 0.245. The number of rotatable bonds is 10. The van der Waals surface area contributed by atoms with Gasteiger partial charge in [0, 0.05) is 29.5 Å². The van der Waals surface area contributed by atoms with Crippen LogP contribution in [0.5, 0.6) is 0 Å². The molecule has 0 radical (unpaired) electrons. The highest BCUT2D eigenvalue weighted by Crippen LogP contribution is 2.35. The first-order valence-corrected chi connectivity index (χ1v) is 14.6. The van der Waals surface area contributed by atoms with Crippen LogP contribution in [-0.2, 0) is 11.3 Å². The lowest BCUT2D eigenvalue weighted by atomic mass is 9.93. The summed E-state index contributed by atoms with van der Waals surface area (Å²) < 4.78 is 0. The van der Waals surface area contributed by atoms with Crippen LogP contribution in [0.2, 0.25) is 0 Å². The Morgan fingerprint density at radius 1 is 1.07 bits per heavy atom. The van der Waals surface area contributed by atoms with Crippen molar-refractivity contribution in [3.05, 3.63) is 93.6 Å². The van der Waals surface area contributed by atoms with Gasteiger partial charge in [0.1, 0.15) is 4.88 Å². The van der Waals surface area contributed by atoms with Gasteiger partial charge in [-0.05, 0) is 67.0 Å². The van der Waals surface area contributed by atoms with Gasteiger partial charge in [0.2, 0.25) is 5.91 Å². The van der Waals surface area contributed by atoms with Gasteiger partial charge in [-0.1, -0.05) is 60.7 Å². The minimum atomic E-state index is -0.271. The molecular weight excluding hydrogens is 536 g/mol. The molecule has 3 amide bonds. The zero-order valence-corrected chi connectivity index (χ0v) is 23.9. The molecule has 3 aromatic rings. The molecule has 0 bridgehead atoms. The zero-order chi connectivity index (χ0) is 28.9. The number of nitrogens with two attached hydrogens (primary N) is 1. The van der Waals surface area contributed by atoms with Crippen molar-refractivity contribution in [1.82, 2.24) is 20.9 Å². The number of hydrogen-bond acceptors (Lipinski definition) is 7. The summed E-state index contributed by atoms with van der Waals surface area (Å²) in [5, 5.41) is 12.8. The van der Waals surface area contributed by atoms with E-state index in [9.17, 15) is 14.4 Å². The summed E-state index contributed by atoms with van der Waals surface area (Å²) in [5.74, 6) is -0.529. The van der Waals surface area contributed by atoms with Crippen molar-refractivity contribution in [2.24, 2.45) is 11.7 Å². The van der Waals surface area contributed by atoms with Crippen molar-refractivity contribution in [2.75, 3.05) is 11.9 Å². The van der Waals surface area contributed by atoms with Crippen LogP contribution >= 0.6 is 11.3 Å². The maximum absolute atomic E-state index is 13.5. The van der Waals surface area contributed by atoms with Crippen molar-refractivity contribution in [2.45, 2.75) is 45.7 Å². The Balaban J connectivity index is 1.45. The van der Waals surface area contributed by atoms with Crippen LogP contribution < -0.4 is 27.0 Å². The lowest BCUT2D eigenvalue weighted by Gasteiger charge is -2.21. The van der Waals surface area contributed by atoms with Crippen LogP contribution in [0.25, 0.3) is 5.57 Å². The molecule has 1 fully saturated rings. The third-order valence-electron chi connectivity index (χ3n) is 7.06. The van der Waals surface area contributed by atoms with Crippen LogP contribution in [0.4, 0.5) is 10.8 Å². The molecule has 10 heteroatoms. The van der Waals surface area contributed by atoms with Crippen LogP contribution in [0.3, 0.4) is 0 Å². The maximum atomic E-state index is 13.5. The van der Waals surface area contributed by atoms with Crippen LogP contribution in [0.1, 0.15) is 63.0 Å². The van der Waals surface area contributed by atoms with Gasteiger partial charge < -0.3 is 27.0 Å². The molecule has 212 valence electrons. The number of allylic oxidation sites excluding steroid dienone is 4. The molecule has 1 atom stereocenters. The predicted octanol–water partition coefficient (Wildman–Crippen LogP) is 4.40. The molecule has 1 heterocycles. The maximum Gasteiger partial charge on any atom is 0.264 e. The Hall–Kier alpha value is -4.28. The van der Waals surface area contributed by atoms with E-state index >= 15 is 0 Å². The molecule has 9 nitrogen and oxygen atoms in total. The van der Waals surface area contributed by atoms with Gasteiger partial charge in [0.15, 0.2) is 5.13 Å². The highest BCUT2D eigenvalue weighted by molar-refractivity contribution is 7.17. The van der Waals surface area contributed by atoms with Crippen molar-refractivity contribution in [1.29, 1.82) is 0 Å². The summed E-state index contributed by atoms with van der Waals surface area (Å²) in [6, 6.07) is 15.5. The Bertz CT molecular complexity index is 1520. The molecule has 0 aliphatic heterocycles. The van der Waals surface area contributed by atoms with E-state index in [1.165, 1.54) is 11.3 Å². The summed E-state index contributed by atoms with van der Waals surface area (Å²) in [4.78, 5) is 43.4. The summed E-state index contributed by atoms with van der Waals surface area (Å²) in [6.07, 6.45) is 6.60. The average molecular weight is 571 g/mol. The first-order chi connectivity index (χ1) is 19.8. The number of nitrogens with zero attached hydrogens (tertiary/aromatic N) is 1. The summed E-state index contributed by atoms with van der Waals surface area (Å²) in [5.41, 5.74) is 10.8. The van der Waals surface area contributed by atoms with Crippen LogP contribution in [0, 0.1) is 12.8 Å². The summed E-state index contributed by atoms with van der Waals surface area (Å²) in [6.45, 7) is 4.23. The molecule has 2 aromatic carbocycles. The van der Waals surface area contributed by atoms with Crippen molar-refractivity contribution in [3.63, 3.8) is 0 Å². The second kappa shape index (κ2) is 12.5. The molecule has 41 heavy (non-hydrogen) atoms. The van der Waals surface area contributed by atoms with Crippen molar-refractivity contribution in [3.8, 4) is 0 Å². The number of carbonyl (C=O) groups excluding carboxylic acids is 3. The third kappa shape index (κ3) is 7.08. The van der Waals surface area contributed by atoms with E-state index in [2.05, 4.69) is 21.3 Å². The fourth-order valence-electron chi connectivity index (χ4n) is 4.43. The van der Waals surface area contributed by atoms with Gasteiger partial charge >= 0.3 is 0 Å². The number of anilines is 2. The van der Waals surface area contributed by atoms with Gasteiger partial charge in [0.25, 0.3) is 11.8 Å². The number of carbonyl (C=O) groups is 3. The Morgan fingerprint density at radius 3 is 2.59 bits per heavy atom. The molecule has 1 unspecified atom stereocenters. The van der Waals surface area contributed by atoms with E-state index in [0.29, 0.717) is 34.2 Å². The molecule has 2 aliphatic rings. The molecule has 5 rings (SSSR count). The zero-order valence-electron chi connectivity index (χ0n) is 23.1. The third-order valence-corrected chi connectivity index (χ3v) is 8.03. The van der Waals surface area contributed by atoms with Gasteiger partial charge in [0.05, 0.1) is 12.2 Å². The van der Waals surface area contributed by atoms with Crippen molar-refractivity contribution < 1.29 is 14.4 Å². The number of hydrogen-bond donors (Lipinski definition) is 5. The van der Waals surface area contributed by atoms with E-state index in [0.717, 1.165) is 40.9 Å². The molecule has 1 saturated carbocycles. The smallest absolute Gasteiger partial charge is 0.264 e. The monoisotopic (exact) mass is 570 g/mol. The van der Waals surface area contributed by atoms with Crippen LogP contribution in [0.15, 0.2) is 66.4 Å². The van der Waals surface area contributed by atoms with Gasteiger partial charge in [-0.2, -0.15) is 0 Å². The highest BCUT2D eigenvalue weighted by atomic mass is 32.1. The largest absolute Gasteiger partial charge is 0.349 e. The predicted molar refractivity (Wildman–Crippen MR) is 162 cm³/mol. The van der Waals surface area contributed by atoms with E-state index in [-0.39, 0.29) is 36.2 Å². The Morgan fingerprint density at radius 2 is 1.85 bits per heavy atom. The fourth-order valence-corrected chi connectivity index (χ4v) is 5.34. The van der Waals surface area contributed by atoms with Gasteiger partial charge in [-0.15, -0.1) is 0 Å². The first kappa shape index (κ1) is 28.3. The number of aryl methyl sites for hydroxylation is 1. The SMILES string of the molecule is Cc1ccc(C(=O)NC2CC2)cc1Nc1nc(C2=CCC(C)C(NC(=O)CN)=C2)c(C(=O)NCc2ccccc2)s1. The van der Waals surface area contributed by atoms with Gasteiger partial charge in [-0.3, -0.25) is 14.4 Å². The molecule has 2 aliphatic carbocycles. The second-order valence-corrected chi connectivity index (χ2v) is 11.4. The van der Waals surface area contributed by atoms with Crippen molar-refractivity contribution >= 4 is 45.5 Å². The minimum Gasteiger partial charge on any atom is -0.349 e. The summed E-state index contributed by atoms with van der Waals surface area (Å²) >= 11 is 1.24. The molecule has 6 N–H and O–H groups in total. The summed E-state index contributed by atoms with van der Waals surface area (Å²) in [7, 11) is 0. The fraction of sp³-hybridized carbons (Fsp3) is 0.290. The normalized spacial score (nSPS) is 16.3. The Kier molecular flexibility index (Phi) is 8.61. The number of nitrogens with one attached hydrogen (secondary N) is 4. The molecule has 0 saturated heterocycles. The van der Waals surface area contributed by atoms with E-state index in [4.69, 9.17) is 10.7 Å². The minimum absolute atomic E-state index is 0.0908. The van der Waals surface area contributed by atoms with E-state index < -0.39 is 0 Å². The van der Waals surface area contributed by atoms with Gasteiger partial charge in [-0.25, -0.2) is 4.98 Å². The average Bonchev–Trinajstić information content (AvgIpc) is 3.70. The highest BCUT2D eigenvalue weighted by Gasteiger charge is 2.26. The number of amides is 3. The van der Waals surface area contributed by atoms with E-state index in [1.807, 2.05) is 74.5 Å². The lowest BCUT2D eigenvalue weighted by molar-refractivity contribution is -0.119. The lowest BCUT2D eigenvalue weighted by Crippen LogP contribution is -2.32. The number of aromatic nitrogens is 1. The first-order valence-electron chi connectivity index (χ1n) is 13.7. The number of thiazole rings is 1. The van der Waals surface area contributed by atoms with E-state index in [1.54, 1.807) is 0 Å². The topological polar surface area (TPSA) is 138 Å². The molecular formula is C31H34N6O3S. The Labute approximate surface area is 243 Å². The number of benzene rings is 2.